The lowest BCUT2D eigenvalue weighted by atomic mass is 10.2. The third-order valence-corrected chi connectivity index (χ3v) is 2.67. The molecule has 4 nitrogen and oxygen atoms in total. The van der Waals surface area contributed by atoms with E-state index in [4.69, 9.17) is 4.74 Å². The van der Waals surface area contributed by atoms with Gasteiger partial charge in [-0.3, -0.25) is 4.68 Å². The molecule has 78 valence electrons. The Morgan fingerprint density at radius 1 is 1.53 bits per heavy atom. The second-order valence-corrected chi connectivity index (χ2v) is 4.04. The lowest BCUT2D eigenvalue weighted by Gasteiger charge is -1.99. The fraction of sp³-hybridized carbons (Fsp3) is 0.200. The topological polar surface area (TPSA) is 44.1 Å². The van der Waals surface area contributed by atoms with Crippen molar-refractivity contribution < 1.29 is 9.53 Å². The molecular weight excluding hydrogens is 260 g/mol. The van der Waals surface area contributed by atoms with Crippen molar-refractivity contribution in [1.82, 2.24) is 9.78 Å². The van der Waals surface area contributed by atoms with Gasteiger partial charge in [0.1, 0.15) is 0 Å². The summed E-state index contributed by atoms with van der Waals surface area (Å²) in [5, 5.41) is 5.01. The molecule has 1 aromatic carbocycles. The largest absolute Gasteiger partial charge is 0.464 e. The van der Waals surface area contributed by atoms with Crippen LogP contribution < -0.4 is 0 Å². The first-order valence-corrected chi connectivity index (χ1v) is 5.13. The molecule has 0 bridgehead atoms. The Bertz CT molecular complexity index is 533. The van der Waals surface area contributed by atoms with Crippen LogP contribution in [-0.2, 0) is 11.8 Å². The van der Waals surface area contributed by atoms with E-state index in [0.717, 1.165) is 15.4 Å². The zero-order valence-corrected chi connectivity index (χ0v) is 9.91. The molecule has 2 aromatic rings. The number of rotatable bonds is 1. The number of benzene rings is 1. The maximum atomic E-state index is 11.5. The summed E-state index contributed by atoms with van der Waals surface area (Å²) in [5.41, 5.74) is 1.25. The van der Waals surface area contributed by atoms with Crippen LogP contribution in [0.4, 0.5) is 0 Å². The lowest BCUT2D eigenvalue weighted by Crippen LogP contribution is -2.08. The molecule has 0 aliphatic heterocycles. The third kappa shape index (κ3) is 1.63. The highest BCUT2D eigenvalue weighted by molar-refractivity contribution is 9.10. The molecule has 0 aliphatic carbocycles. The van der Waals surface area contributed by atoms with Crippen LogP contribution in [0.1, 0.15) is 10.5 Å². The predicted octanol–water partition coefficient (Wildman–Crippen LogP) is 2.12. The van der Waals surface area contributed by atoms with E-state index in [-0.39, 0.29) is 5.97 Å². The van der Waals surface area contributed by atoms with Gasteiger partial charge in [0.15, 0.2) is 5.69 Å². The first kappa shape index (κ1) is 10.2. The molecule has 15 heavy (non-hydrogen) atoms. The molecular formula is C10H9BrN2O2. The van der Waals surface area contributed by atoms with Crippen molar-refractivity contribution in [3.8, 4) is 0 Å². The van der Waals surface area contributed by atoms with E-state index < -0.39 is 0 Å². The number of methoxy groups -OCH3 is 1. The van der Waals surface area contributed by atoms with E-state index in [9.17, 15) is 4.79 Å². The van der Waals surface area contributed by atoms with Gasteiger partial charge in [0, 0.05) is 16.9 Å². The van der Waals surface area contributed by atoms with Gasteiger partial charge in [0.25, 0.3) is 0 Å². The first-order chi connectivity index (χ1) is 7.13. The summed E-state index contributed by atoms with van der Waals surface area (Å²) in [6.45, 7) is 0. The predicted molar refractivity (Wildman–Crippen MR) is 59.8 cm³/mol. The monoisotopic (exact) mass is 268 g/mol. The van der Waals surface area contributed by atoms with E-state index in [1.165, 1.54) is 11.8 Å². The number of ether oxygens (including phenoxy) is 1. The van der Waals surface area contributed by atoms with E-state index in [1.807, 2.05) is 18.2 Å². The normalized spacial score (nSPS) is 10.6. The van der Waals surface area contributed by atoms with Gasteiger partial charge in [-0.15, -0.1) is 0 Å². The zero-order valence-electron chi connectivity index (χ0n) is 8.32. The molecule has 0 fully saturated rings. The molecule has 0 aliphatic rings. The molecule has 0 amide bonds. The molecule has 0 N–H and O–H groups in total. The lowest BCUT2D eigenvalue weighted by molar-refractivity contribution is 0.0590. The Labute approximate surface area is 95.0 Å². The van der Waals surface area contributed by atoms with Gasteiger partial charge in [0.05, 0.1) is 12.6 Å². The SMILES string of the molecule is COC(=O)c1c2cc(Br)ccc2nn1C. The fourth-order valence-corrected chi connectivity index (χ4v) is 1.87. The summed E-state index contributed by atoms with van der Waals surface area (Å²) < 4.78 is 7.15. The van der Waals surface area contributed by atoms with Crippen LogP contribution in [0.25, 0.3) is 10.9 Å². The van der Waals surface area contributed by atoms with Crippen LogP contribution in [-0.4, -0.2) is 22.9 Å². The Kier molecular flexibility index (Phi) is 2.48. The van der Waals surface area contributed by atoms with Gasteiger partial charge in [0.2, 0.25) is 0 Å². The van der Waals surface area contributed by atoms with Gasteiger partial charge in [-0.2, -0.15) is 5.10 Å². The molecule has 0 radical (unpaired) electrons. The van der Waals surface area contributed by atoms with E-state index in [0.29, 0.717) is 5.69 Å². The number of hydrogen-bond acceptors (Lipinski definition) is 3. The molecule has 0 saturated heterocycles. The number of nitrogens with zero attached hydrogens (tertiary/aromatic N) is 2. The highest BCUT2D eigenvalue weighted by Gasteiger charge is 2.16. The summed E-state index contributed by atoms with van der Waals surface area (Å²) in [4.78, 5) is 11.5. The fourth-order valence-electron chi connectivity index (χ4n) is 1.51. The highest BCUT2D eigenvalue weighted by Crippen LogP contribution is 2.22. The smallest absolute Gasteiger partial charge is 0.356 e. The minimum absolute atomic E-state index is 0.377. The number of aromatic nitrogens is 2. The number of carbonyl (C=O) groups excluding carboxylic acids is 1. The van der Waals surface area contributed by atoms with Crippen LogP contribution in [0, 0.1) is 0 Å². The highest BCUT2D eigenvalue weighted by atomic mass is 79.9. The Hall–Kier alpha value is -1.36. The van der Waals surface area contributed by atoms with Crippen molar-refractivity contribution in [2.75, 3.05) is 7.11 Å². The molecule has 1 aromatic heterocycles. The Balaban J connectivity index is 2.76. The second kappa shape index (κ2) is 3.66. The summed E-state index contributed by atoms with van der Waals surface area (Å²) >= 11 is 3.36. The van der Waals surface area contributed by atoms with Crippen molar-refractivity contribution in [3.05, 3.63) is 28.4 Å². The minimum Gasteiger partial charge on any atom is -0.464 e. The van der Waals surface area contributed by atoms with E-state index in [1.54, 1.807) is 7.05 Å². The van der Waals surface area contributed by atoms with Crippen LogP contribution >= 0.6 is 15.9 Å². The molecule has 0 saturated carbocycles. The number of esters is 1. The average molecular weight is 269 g/mol. The first-order valence-electron chi connectivity index (χ1n) is 4.34. The molecule has 5 heteroatoms. The zero-order chi connectivity index (χ0) is 11.0. The summed E-state index contributed by atoms with van der Waals surface area (Å²) in [5.74, 6) is -0.377. The third-order valence-electron chi connectivity index (χ3n) is 2.17. The number of aryl methyl sites for hydroxylation is 1. The van der Waals surface area contributed by atoms with Gasteiger partial charge in [-0.25, -0.2) is 4.79 Å². The summed E-state index contributed by atoms with van der Waals surface area (Å²) in [7, 11) is 3.08. The summed E-state index contributed by atoms with van der Waals surface area (Å²) in [6, 6.07) is 5.59. The number of halogens is 1. The van der Waals surface area contributed by atoms with Crippen LogP contribution in [0.5, 0.6) is 0 Å². The number of hydrogen-bond donors (Lipinski definition) is 0. The quantitative estimate of drug-likeness (QED) is 0.745. The van der Waals surface area contributed by atoms with Crippen molar-refractivity contribution >= 4 is 32.8 Å². The number of carbonyl (C=O) groups is 1. The van der Waals surface area contributed by atoms with Crippen molar-refractivity contribution in [3.63, 3.8) is 0 Å². The van der Waals surface area contributed by atoms with Crippen LogP contribution in [0.15, 0.2) is 22.7 Å². The second-order valence-electron chi connectivity index (χ2n) is 3.13. The van der Waals surface area contributed by atoms with Crippen molar-refractivity contribution in [1.29, 1.82) is 0 Å². The van der Waals surface area contributed by atoms with Crippen LogP contribution in [0.3, 0.4) is 0 Å². The Morgan fingerprint density at radius 3 is 2.93 bits per heavy atom. The van der Waals surface area contributed by atoms with Crippen molar-refractivity contribution in [2.24, 2.45) is 7.05 Å². The van der Waals surface area contributed by atoms with Crippen LogP contribution in [0.2, 0.25) is 0 Å². The maximum absolute atomic E-state index is 11.5. The standard InChI is InChI=1S/C10H9BrN2O2/c1-13-9(10(14)15-2)7-5-6(11)3-4-8(7)12-13/h3-5H,1-2H3. The molecule has 0 atom stereocenters. The van der Waals surface area contributed by atoms with Crippen molar-refractivity contribution in [2.45, 2.75) is 0 Å². The molecule has 2 rings (SSSR count). The Morgan fingerprint density at radius 2 is 2.27 bits per heavy atom. The summed E-state index contributed by atoms with van der Waals surface area (Å²) in [6.07, 6.45) is 0. The average Bonchev–Trinajstić information content (AvgIpc) is 2.52. The molecule has 0 spiro atoms. The van der Waals surface area contributed by atoms with Gasteiger partial charge in [-0.1, -0.05) is 15.9 Å². The van der Waals surface area contributed by atoms with Gasteiger partial charge >= 0.3 is 5.97 Å². The van der Waals surface area contributed by atoms with Gasteiger partial charge in [-0.05, 0) is 18.2 Å². The maximum Gasteiger partial charge on any atom is 0.356 e. The molecule has 0 unspecified atom stereocenters. The van der Waals surface area contributed by atoms with Gasteiger partial charge < -0.3 is 4.74 Å². The molecule has 1 heterocycles. The van der Waals surface area contributed by atoms with E-state index in [2.05, 4.69) is 21.0 Å². The number of fused-ring (bicyclic) bond motifs is 1. The van der Waals surface area contributed by atoms with E-state index >= 15 is 0 Å². The minimum atomic E-state index is -0.377.